The number of rotatable bonds is 15. The van der Waals surface area contributed by atoms with Gasteiger partial charge in [0.2, 0.25) is 0 Å². The third-order valence-electron chi connectivity index (χ3n) is 12.7. The summed E-state index contributed by atoms with van der Waals surface area (Å²) in [5, 5.41) is 0.386. The fourth-order valence-corrected chi connectivity index (χ4v) is 11.2. The minimum atomic E-state index is -0.0243. The van der Waals surface area contributed by atoms with Crippen molar-refractivity contribution >= 4 is 17.1 Å². The second-order valence-corrected chi connectivity index (χ2v) is 17.1. The van der Waals surface area contributed by atoms with E-state index in [9.17, 15) is 4.79 Å². The quantitative estimate of drug-likeness (QED) is 0.108. The summed E-state index contributed by atoms with van der Waals surface area (Å²) in [6.45, 7) is 15.5. The van der Waals surface area contributed by atoms with Gasteiger partial charge in [0.05, 0.1) is 6.61 Å². The van der Waals surface area contributed by atoms with Gasteiger partial charge < -0.3 is 4.74 Å². The third kappa shape index (κ3) is 8.19. The van der Waals surface area contributed by atoms with E-state index in [2.05, 4.69) is 47.6 Å². The average Bonchev–Trinajstić information content (AvgIpc) is 3.29. The molecule has 0 aliphatic heterocycles. The van der Waals surface area contributed by atoms with Crippen LogP contribution in [-0.2, 0) is 4.74 Å². The molecular formula is C38H66O2S. The largest absolute Gasteiger partial charge is 0.458 e. The summed E-state index contributed by atoms with van der Waals surface area (Å²) in [4.78, 5) is 12.7. The van der Waals surface area contributed by atoms with Crippen LogP contribution in [0, 0.1) is 46.3 Å². The highest BCUT2D eigenvalue weighted by molar-refractivity contribution is 8.13. The van der Waals surface area contributed by atoms with Crippen molar-refractivity contribution in [2.24, 2.45) is 46.3 Å². The van der Waals surface area contributed by atoms with Gasteiger partial charge >= 0.3 is 5.30 Å². The maximum Gasteiger partial charge on any atom is 0.367 e. The summed E-state index contributed by atoms with van der Waals surface area (Å²) in [7, 11) is 0. The zero-order valence-corrected chi connectivity index (χ0v) is 28.8. The molecule has 0 radical (unpaired) electrons. The molecule has 0 saturated heterocycles. The maximum atomic E-state index is 12.7. The van der Waals surface area contributed by atoms with Crippen LogP contribution < -0.4 is 0 Å². The predicted molar refractivity (Wildman–Crippen MR) is 178 cm³/mol. The first-order valence-corrected chi connectivity index (χ1v) is 19.1. The fourth-order valence-electron chi connectivity index (χ4n) is 10.3. The number of fused-ring (bicyclic) bond motifs is 5. The van der Waals surface area contributed by atoms with Crippen molar-refractivity contribution in [3.63, 3.8) is 0 Å². The molecule has 0 amide bonds. The van der Waals surface area contributed by atoms with Crippen molar-refractivity contribution in [1.29, 1.82) is 0 Å². The lowest BCUT2D eigenvalue weighted by Crippen LogP contribution is -2.50. The van der Waals surface area contributed by atoms with Crippen LogP contribution in [0.5, 0.6) is 0 Å². The van der Waals surface area contributed by atoms with Crippen LogP contribution in [0.25, 0.3) is 0 Å². The van der Waals surface area contributed by atoms with Crippen LogP contribution in [0.3, 0.4) is 0 Å². The molecule has 3 heteroatoms. The molecule has 0 aromatic carbocycles. The van der Waals surface area contributed by atoms with E-state index < -0.39 is 0 Å². The number of carbonyl (C=O) groups is 1. The van der Waals surface area contributed by atoms with E-state index in [0.717, 1.165) is 48.3 Å². The van der Waals surface area contributed by atoms with E-state index >= 15 is 0 Å². The van der Waals surface area contributed by atoms with E-state index in [4.69, 9.17) is 4.74 Å². The lowest BCUT2D eigenvalue weighted by Gasteiger charge is -2.58. The van der Waals surface area contributed by atoms with Gasteiger partial charge in [-0.15, -0.1) is 0 Å². The highest BCUT2D eigenvalue weighted by atomic mass is 32.2. The Morgan fingerprint density at radius 2 is 1.63 bits per heavy atom. The normalized spacial score (nSPS) is 35.4. The minimum absolute atomic E-state index is 0.0243. The first-order valence-electron chi connectivity index (χ1n) is 18.2. The second kappa shape index (κ2) is 15.5. The Hall–Kier alpha value is -0.440. The summed E-state index contributed by atoms with van der Waals surface area (Å²) in [6.07, 6.45) is 27.8. The van der Waals surface area contributed by atoms with Crippen molar-refractivity contribution in [3.05, 3.63) is 11.6 Å². The van der Waals surface area contributed by atoms with Gasteiger partial charge in [-0.3, -0.25) is 0 Å². The monoisotopic (exact) mass is 586 g/mol. The molecule has 0 unspecified atom stereocenters. The predicted octanol–water partition coefficient (Wildman–Crippen LogP) is 12.4. The topological polar surface area (TPSA) is 26.3 Å². The Morgan fingerprint density at radius 1 is 0.902 bits per heavy atom. The highest BCUT2D eigenvalue weighted by Gasteiger charge is 2.59. The summed E-state index contributed by atoms with van der Waals surface area (Å²) in [5.74, 6) is 5.32. The second-order valence-electron chi connectivity index (χ2n) is 15.8. The van der Waals surface area contributed by atoms with Crippen molar-refractivity contribution in [3.8, 4) is 0 Å². The Labute approximate surface area is 259 Å². The molecular weight excluding hydrogens is 520 g/mol. The number of unbranched alkanes of at least 4 members (excludes halogenated alkanes) is 7. The number of hydrogen-bond acceptors (Lipinski definition) is 3. The van der Waals surface area contributed by atoms with Gasteiger partial charge in [-0.05, 0) is 116 Å². The number of allylic oxidation sites excluding steroid dienone is 2. The molecule has 3 saturated carbocycles. The van der Waals surface area contributed by atoms with E-state index in [1.165, 1.54) is 121 Å². The Kier molecular flexibility index (Phi) is 12.7. The molecule has 0 heterocycles. The van der Waals surface area contributed by atoms with Gasteiger partial charge in [-0.2, -0.15) is 0 Å². The summed E-state index contributed by atoms with van der Waals surface area (Å²) in [6, 6.07) is 0. The van der Waals surface area contributed by atoms with Crippen molar-refractivity contribution in [2.45, 2.75) is 169 Å². The molecule has 2 nitrogen and oxygen atoms in total. The van der Waals surface area contributed by atoms with Gasteiger partial charge in [0.1, 0.15) is 0 Å². The molecule has 0 N–H and O–H groups in total. The lowest BCUT2D eigenvalue weighted by molar-refractivity contribution is -0.0497. The van der Waals surface area contributed by atoms with Gasteiger partial charge in [-0.1, -0.05) is 117 Å². The SMILES string of the molecule is CCCCCCCCCCOC(=O)S[C@H]1CC[C@@]2(C)C(=CC[C@@H]3[C@H]2CC[C@]2(C)[C@@H]([C@@H](C)CCCC(C)C)CC[C@@H]32)C1. The molecule has 4 aliphatic carbocycles. The number of hydrogen-bond donors (Lipinski definition) is 0. The van der Waals surface area contributed by atoms with Crippen LogP contribution in [0.4, 0.5) is 4.79 Å². The standard InChI is InChI=1S/C38H66O2S/c1-7-8-9-10-11-12-13-14-26-40-36(39)41-31-22-24-37(5)30(27-31)18-19-32-34-21-20-33(29(4)17-15-16-28(2)3)38(34,6)25-23-35(32)37/h18,28-29,31-35H,7-17,19-27H2,1-6H3/t29-,31-,32-,33+,34-,35+,37-,38+/m0/s1. The first-order chi connectivity index (χ1) is 19.7. The van der Waals surface area contributed by atoms with Gasteiger partial charge in [0.15, 0.2) is 0 Å². The molecule has 0 bridgehead atoms. The zero-order valence-electron chi connectivity index (χ0n) is 28.0. The molecule has 0 aromatic rings. The van der Waals surface area contributed by atoms with Gasteiger partial charge in [0.25, 0.3) is 0 Å². The van der Waals surface area contributed by atoms with E-state index in [0.29, 0.717) is 22.7 Å². The zero-order chi connectivity index (χ0) is 29.5. The Bertz CT molecular complexity index is 849. The summed E-state index contributed by atoms with van der Waals surface area (Å²) >= 11 is 1.51. The number of thioether (sulfide) groups is 1. The van der Waals surface area contributed by atoms with Gasteiger partial charge in [-0.25, -0.2) is 4.79 Å². The highest BCUT2D eigenvalue weighted by Crippen LogP contribution is 2.67. The maximum absolute atomic E-state index is 12.7. The lowest BCUT2D eigenvalue weighted by atomic mass is 9.47. The van der Waals surface area contributed by atoms with E-state index in [-0.39, 0.29) is 5.30 Å². The third-order valence-corrected chi connectivity index (χ3v) is 13.8. The van der Waals surface area contributed by atoms with Crippen molar-refractivity contribution in [1.82, 2.24) is 0 Å². The van der Waals surface area contributed by atoms with Gasteiger partial charge in [0, 0.05) is 5.25 Å². The minimum Gasteiger partial charge on any atom is -0.458 e. The molecule has 41 heavy (non-hydrogen) atoms. The molecule has 236 valence electrons. The fraction of sp³-hybridized carbons (Fsp3) is 0.921. The number of ether oxygens (including phenoxy) is 1. The molecule has 8 atom stereocenters. The van der Waals surface area contributed by atoms with Crippen LogP contribution in [0.15, 0.2) is 11.6 Å². The van der Waals surface area contributed by atoms with E-state index in [1.54, 1.807) is 5.57 Å². The Balaban J connectivity index is 1.24. The Morgan fingerprint density at radius 3 is 2.37 bits per heavy atom. The van der Waals surface area contributed by atoms with Crippen LogP contribution in [-0.4, -0.2) is 17.2 Å². The number of carbonyl (C=O) groups excluding carboxylic acids is 1. The summed E-state index contributed by atoms with van der Waals surface area (Å²) < 4.78 is 5.67. The molecule has 4 rings (SSSR count). The molecule has 0 spiro atoms. The van der Waals surface area contributed by atoms with Crippen LogP contribution in [0.1, 0.15) is 164 Å². The van der Waals surface area contributed by atoms with Crippen LogP contribution >= 0.6 is 11.8 Å². The molecule has 3 fully saturated rings. The smallest absolute Gasteiger partial charge is 0.367 e. The molecule has 4 aliphatic rings. The van der Waals surface area contributed by atoms with E-state index in [1.807, 2.05) is 0 Å². The molecule has 0 aromatic heterocycles. The van der Waals surface area contributed by atoms with Crippen LogP contribution in [0.2, 0.25) is 0 Å². The first kappa shape index (κ1) is 33.5. The van der Waals surface area contributed by atoms with Crippen molar-refractivity contribution < 1.29 is 9.53 Å². The average molecular weight is 587 g/mol. The summed E-state index contributed by atoms with van der Waals surface area (Å²) in [5.41, 5.74) is 2.62. The van der Waals surface area contributed by atoms with Crippen molar-refractivity contribution in [2.75, 3.05) is 6.61 Å².